The average Bonchev–Trinajstić information content (AvgIpc) is 3.34. The van der Waals surface area contributed by atoms with E-state index >= 15 is 0 Å². The Balaban J connectivity index is 1.44. The van der Waals surface area contributed by atoms with Crippen LogP contribution >= 0.6 is 0 Å². The Bertz CT molecular complexity index is 1110. The Morgan fingerprint density at radius 2 is 2.00 bits per heavy atom. The van der Waals surface area contributed by atoms with Crippen LogP contribution in [0.2, 0.25) is 0 Å². The van der Waals surface area contributed by atoms with Crippen LogP contribution in [-0.4, -0.2) is 55.7 Å². The van der Waals surface area contributed by atoms with E-state index in [0.29, 0.717) is 6.42 Å². The van der Waals surface area contributed by atoms with Crippen molar-refractivity contribution < 1.29 is 4.74 Å². The van der Waals surface area contributed by atoms with E-state index in [-0.39, 0.29) is 0 Å². The van der Waals surface area contributed by atoms with Crippen LogP contribution < -0.4 is 4.90 Å². The van der Waals surface area contributed by atoms with Gasteiger partial charge in [-0.2, -0.15) is 10.2 Å². The maximum atomic E-state index is 5.45. The molecule has 3 aromatic heterocycles. The molecule has 1 aromatic carbocycles. The van der Waals surface area contributed by atoms with Gasteiger partial charge in [-0.1, -0.05) is 12.1 Å². The van der Waals surface area contributed by atoms with E-state index in [2.05, 4.69) is 44.2 Å². The molecule has 5 rings (SSSR count). The summed E-state index contributed by atoms with van der Waals surface area (Å²) in [6.07, 6.45) is 7.96. The molecule has 0 spiro atoms. The third-order valence-corrected chi connectivity index (χ3v) is 4.94. The first-order valence-corrected chi connectivity index (χ1v) is 9.36. The van der Waals surface area contributed by atoms with Crippen molar-refractivity contribution in [2.24, 2.45) is 7.05 Å². The number of nitrogens with zero attached hydrogens (tertiary/aromatic N) is 7. The number of ether oxygens (including phenoxy) is 1. The van der Waals surface area contributed by atoms with E-state index in [0.717, 1.165) is 49.0 Å². The summed E-state index contributed by atoms with van der Waals surface area (Å²) in [6.45, 7) is 3.41. The highest BCUT2D eigenvalue weighted by atomic mass is 16.5. The second-order valence-electron chi connectivity index (χ2n) is 6.94. The lowest BCUT2D eigenvalue weighted by atomic mass is 10.1. The minimum Gasteiger partial charge on any atom is -0.378 e. The first-order valence-electron chi connectivity index (χ1n) is 9.36. The molecule has 0 aliphatic carbocycles. The number of aryl methyl sites for hydroxylation is 1. The number of aromatic nitrogens is 6. The summed E-state index contributed by atoms with van der Waals surface area (Å²) < 4.78 is 9.06. The Kier molecular flexibility index (Phi) is 4.25. The third-order valence-electron chi connectivity index (χ3n) is 4.94. The molecule has 0 unspecified atom stereocenters. The zero-order valence-electron chi connectivity index (χ0n) is 15.7. The number of anilines is 1. The number of hydrogen-bond acceptors (Lipinski definition) is 6. The zero-order valence-corrected chi connectivity index (χ0v) is 15.7. The van der Waals surface area contributed by atoms with Gasteiger partial charge < -0.3 is 9.64 Å². The molecular weight excluding hydrogens is 354 g/mol. The summed E-state index contributed by atoms with van der Waals surface area (Å²) in [5.41, 5.74) is 5.00. The van der Waals surface area contributed by atoms with Crippen molar-refractivity contribution in [2.75, 3.05) is 31.2 Å². The van der Waals surface area contributed by atoms with Crippen molar-refractivity contribution in [3.63, 3.8) is 0 Å². The van der Waals surface area contributed by atoms with E-state index < -0.39 is 0 Å². The van der Waals surface area contributed by atoms with Crippen molar-refractivity contribution in [3.8, 4) is 11.3 Å². The third kappa shape index (κ3) is 3.22. The van der Waals surface area contributed by atoms with E-state index in [1.54, 1.807) is 17.1 Å². The standard InChI is InChI=1S/C20H21N7O/c1-25-14-16(11-22-25)18-12-21-13-20-23-19(24-27(18)20)10-15-3-2-4-17(9-15)26-5-7-28-8-6-26/h2-4,9,11-14H,5-8,10H2,1H3. The summed E-state index contributed by atoms with van der Waals surface area (Å²) in [5, 5.41) is 8.97. The SMILES string of the molecule is Cn1cc(-c2cncc3nc(Cc4cccc(N5CCOCC5)c4)nn23)cn1. The number of morpholine rings is 1. The van der Waals surface area contributed by atoms with Crippen LogP contribution in [0.1, 0.15) is 11.4 Å². The highest BCUT2D eigenvalue weighted by molar-refractivity contribution is 5.59. The monoisotopic (exact) mass is 375 g/mol. The molecule has 1 aliphatic rings. The Morgan fingerprint density at radius 3 is 2.82 bits per heavy atom. The topological polar surface area (TPSA) is 73.4 Å². The van der Waals surface area contributed by atoms with Crippen molar-refractivity contribution in [1.82, 2.24) is 29.4 Å². The summed E-state index contributed by atoms with van der Waals surface area (Å²) in [6, 6.07) is 8.59. The highest BCUT2D eigenvalue weighted by Gasteiger charge is 2.14. The van der Waals surface area contributed by atoms with E-state index in [9.17, 15) is 0 Å². The molecule has 0 bridgehead atoms. The maximum absolute atomic E-state index is 5.45. The van der Waals surface area contributed by atoms with Crippen LogP contribution in [-0.2, 0) is 18.2 Å². The number of fused-ring (bicyclic) bond motifs is 1. The zero-order chi connectivity index (χ0) is 18.9. The molecule has 8 nitrogen and oxygen atoms in total. The van der Waals surface area contributed by atoms with E-state index in [1.165, 1.54) is 11.3 Å². The molecule has 0 amide bonds. The second kappa shape index (κ2) is 7.05. The fourth-order valence-electron chi connectivity index (χ4n) is 3.55. The van der Waals surface area contributed by atoms with Gasteiger partial charge in [0.25, 0.3) is 0 Å². The lowest BCUT2D eigenvalue weighted by Crippen LogP contribution is -2.36. The molecule has 8 heteroatoms. The van der Waals surface area contributed by atoms with Crippen molar-refractivity contribution in [3.05, 3.63) is 60.4 Å². The van der Waals surface area contributed by atoms with Crippen LogP contribution in [0.5, 0.6) is 0 Å². The van der Waals surface area contributed by atoms with Crippen LogP contribution in [0.3, 0.4) is 0 Å². The van der Waals surface area contributed by atoms with E-state index in [4.69, 9.17) is 9.84 Å². The average molecular weight is 375 g/mol. The summed E-state index contributed by atoms with van der Waals surface area (Å²) in [7, 11) is 1.89. The normalized spacial score (nSPS) is 14.7. The quantitative estimate of drug-likeness (QED) is 0.543. The number of benzene rings is 1. The highest BCUT2D eigenvalue weighted by Crippen LogP contribution is 2.21. The van der Waals surface area contributed by atoms with Gasteiger partial charge in [-0.3, -0.25) is 9.67 Å². The number of rotatable bonds is 4. The Morgan fingerprint density at radius 1 is 1.11 bits per heavy atom. The molecule has 1 saturated heterocycles. The van der Waals surface area contributed by atoms with Crippen LogP contribution in [0.15, 0.2) is 49.1 Å². The molecule has 28 heavy (non-hydrogen) atoms. The molecule has 0 saturated carbocycles. The molecule has 4 aromatic rings. The second-order valence-corrected chi connectivity index (χ2v) is 6.94. The minimum absolute atomic E-state index is 0.673. The largest absolute Gasteiger partial charge is 0.378 e. The van der Waals surface area contributed by atoms with Crippen molar-refractivity contribution >= 4 is 11.3 Å². The Labute approximate surface area is 162 Å². The molecule has 142 valence electrons. The summed E-state index contributed by atoms with van der Waals surface area (Å²) >= 11 is 0. The fraction of sp³-hybridized carbons (Fsp3) is 0.300. The summed E-state index contributed by atoms with van der Waals surface area (Å²) in [4.78, 5) is 11.3. The Hall–Kier alpha value is -3.26. The number of hydrogen-bond donors (Lipinski definition) is 0. The maximum Gasteiger partial charge on any atom is 0.174 e. The smallest absolute Gasteiger partial charge is 0.174 e. The predicted molar refractivity (Wildman–Crippen MR) is 105 cm³/mol. The van der Waals surface area contributed by atoms with E-state index in [1.807, 2.05) is 24.0 Å². The van der Waals surface area contributed by atoms with Gasteiger partial charge >= 0.3 is 0 Å². The first-order chi connectivity index (χ1) is 13.8. The lowest BCUT2D eigenvalue weighted by Gasteiger charge is -2.29. The predicted octanol–water partition coefficient (Wildman–Crippen LogP) is 1.95. The van der Waals surface area contributed by atoms with Gasteiger partial charge in [0.05, 0.1) is 37.5 Å². The van der Waals surface area contributed by atoms with Crippen molar-refractivity contribution in [2.45, 2.75) is 6.42 Å². The van der Waals surface area contributed by atoms with Gasteiger partial charge in [-0.15, -0.1) is 0 Å². The van der Waals surface area contributed by atoms with Crippen LogP contribution in [0.25, 0.3) is 16.9 Å². The van der Waals surface area contributed by atoms with Gasteiger partial charge in [0, 0.05) is 44.0 Å². The molecule has 1 fully saturated rings. The van der Waals surface area contributed by atoms with Gasteiger partial charge in [-0.25, -0.2) is 9.50 Å². The fourth-order valence-corrected chi connectivity index (χ4v) is 3.55. The molecule has 1 aliphatic heterocycles. The van der Waals surface area contributed by atoms with Crippen LogP contribution in [0, 0.1) is 0 Å². The molecular formula is C20H21N7O. The molecule has 0 N–H and O–H groups in total. The lowest BCUT2D eigenvalue weighted by molar-refractivity contribution is 0.122. The van der Waals surface area contributed by atoms with Gasteiger partial charge in [0.2, 0.25) is 0 Å². The van der Waals surface area contributed by atoms with Crippen LogP contribution in [0.4, 0.5) is 5.69 Å². The molecule has 4 heterocycles. The van der Waals surface area contributed by atoms with Gasteiger partial charge in [-0.05, 0) is 17.7 Å². The van der Waals surface area contributed by atoms with Gasteiger partial charge in [0.15, 0.2) is 11.5 Å². The molecule has 0 radical (unpaired) electrons. The van der Waals surface area contributed by atoms with Gasteiger partial charge in [0.1, 0.15) is 0 Å². The molecule has 0 atom stereocenters. The minimum atomic E-state index is 0.673. The van der Waals surface area contributed by atoms with Crippen molar-refractivity contribution in [1.29, 1.82) is 0 Å². The first kappa shape index (κ1) is 16.9. The summed E-state index contributed by atoms with van der Waals surface area (Å²) in [5.74, 6) is 0.775.